The Morgan fingerprint density at radius 2 is 1.89 bits per heavy atom. The summed E-state index contributed by atoms with van der Waals surface area (Å²) in [6.45, 7) is 3.10. The third-order valence-corrected chi connectivity index (χ3v) is 7.84. The van der Waals surface area contributed by atoms with Crippen LogP contribution in [-0.4, -0.2) is 53.7 Å². The third kappa shape index (κ3) is 5.50. The molecule has 5 rings (SSSR count). The molecule has 0 saturated carbocycles. The summed E-state index contributed by atoms with van der Waals surface area (Å²) in [7, 11) is -3.27. The van der Waals surface area contributed by atoms with E-state index in [1.54, 1.807) is 42.6 Å². The molecule has 2 atom stereocenters. The fourth-order valence-electron chi connectivity index (χ4n) is 4.67. The summed E-state index contributed by atoms with van der Waals surface area (Å²) in [6.07, 6.45) is 7.90. The number of nitrogens with zero attached hydrogens (tertiary/aromatic N) is 3. The molecule has 0 aliphatic carbocycles. The van der Waals surface area contributed by atoms with E-state index in [1.165, 1.54) is 6.26 Å². The van der Waals surface area contributed by atoms with E-state index in [0.717, 1.165) is 42.6 Å². The number of sulfone groups is 1. The number of hydrogen-bond acceptors (Lipinski definition) is 7. The minimum absolute atomic E-state index is 0.0792. The lowest BCUT2D eigenvalue weighted by Gasteiger charge is -2.23. The first kappa shape index (κ1) is 24.9. The molecule has 1 aliphatic heterocycles. The van der Waals surface area contributed by atoms with Crippen molar-refractivity contribution in [3.05, 3.63) is 72.6 Å². The van der Waals surface area contributed by atoms with Gasteiger partial charge in [0.2, 0.25) is 5.95 Å². The molecule has 1 aliphatic rings. The van der Waals surface area contributed by atoms with Gasteiger partial charge >= 0.3 is 0 Å². The van der Waals surface area contributed by atoms with E-state index in [9.17, 15) is 13.2 Å². The van der Waals surface area contributed by atoms with E-state index in [4.69, 9.17) is 0 Å². The fraction of sp³-hybridized carbons (Fsp3) is 0.296. The molecule has 0 radical (unpaired) electrons. The van der Waals surface area contributed by atoms with Crippen molar-refractivity contribution in [1.82, 2.24) is 25.2 Å². The molecular weight excluding hydrogens is 488 g/mol. The van der Waals surface area contributed by atoms with Gasteiger partial charge in [0, 0.05) is 53.1 Å². The van der Waals surface area contributed by atoms with Gasteiger partial charge in [-0.25, -0.2) is 13.4 Å². The smallest absolute Gasteiger partial charge is 0.251 e. The van der Waals surface area contributed by atoms with Crippen LogP contribution in [0.25, 0.3) is 16.7 Å². The number of rotatable bonds is 8. The van der Waals surface area contributed by atoms with Gasteiger partial charge in [-0.3, -0.25) is 4.79 Å². The van der Waals surface area contributed by atoms with Crippen LogP contribution >= 0.6 is 0 Å². The average molecular weight is 519 g/mol. The second-order valence-corrected chi connectivity index (χ2v) is 11.3. The summed E-state index contributed by atoms with van der Waals surface area (Å²) in [5.74, 6) is 0.334. The number of anilines is 2. The Labute approximate surface area is 216 Å². The molecule has 37 heavy (non-hydrogen) atoms. The van der Waals surface area contributed by atoms with Gasteiger partial charge in [0.15, 0.2) is 9.84 Å². The Bertz CT molecular complexity index is 1510. The number of benzene rings is 2. The molecule has 2 aromatic carbocycles. The van der Waals surface area contributed by atoms with Crippen LogP contribution < -0.4 is 16.0 Å². The SMILES string of the molecule is CCC(NC(=O)c1ccc(Nc2ncc3ccn(-c4ccc(S(C)(=O)=O)cc4)c3n2)cc1)C1CCCN1. The minimum Gasteiger partial charge on any atom is -0.348 e. The van der Waals surface area contributed by atoms with Crippen LogP contribution in [0.2, 0.25) is 0 Å². The predicted octanol–water partition coefficient (Wildman–Crippen LogP) is 3.83. The molecule has 0 bridgehead atoms. The maximum Gasteiger partial charge on any atom is 0.251 e. The Morgan fingerprint density at radius 1 is 1.14 bits per heavy atom. The molecular formula is C27H30N6O3S. The van der Waals surface area contributed by atoms with Crippen LogP contribution in [0.1, 0.15) is 36.5 Å². The molecule has 1 amide bonds. The van der Waals surface area contributed by atoms with Gasteiger partial charge in [0.25, 0.3) is 5.91 Å². The Hall–Kier alpha value is -3.76. The number of amides is 1. The number of hydrogen-bond donors (Lipinski definition) is 3. The number of nitrogens with one attached hydrogen (secondary N) is 3. The quantitative estimate of drug-likeness (QED) is 0.324. The number of carbonyl (C=O) groups excluding carboxylic acids is 1. The van der Waals surface area contributed by atoms with Crippen molar-refractivity contribution in [1.29, 1.82) is 0 Å². The molecule has 192 valence electrons. The van der Waals surface area contributed by atoms with Crippen LogP contribution in [0.4, 0.5) is 11.6 Å². The van der Waals surface area contributed by atoms with Crippen molar-refractivity contribution in [3.8, 4) is 5.69 Å². The molecule has 3 N–H and O–H groups in total. The zero-order chi connectivity index (χ0) is 26.0. The van der Waals surface area contributed by atoms with Gasteiger partial charge in [-0.05, 0) is 80.4 Å². The molecule has 9 nitrogen and oxygen atoms in total. The van der Waals surface area contributed by atoms with Crippen LogP contribution in [-0.2, 0) is 9.84 Å². The fourth-order valence-corrected chi connectivity index (χ4v) is 5.30. The normalized spacial score (nSPS) is 16.5. The monoisotopic (exact) mass is 518 g/mol. The van der Waals surface area contributed by atoms with Gasteiger partial charge < -0.3 is 20.5 Å². The van der Waals surface area contributed by atoms with Gasteiger partial charge in [0.1, 0.15) is 5.65 Å². The molecule has 0 spiro atoms. The summed E-state index contributed by atoms with van der Waals surface area (Å²) >= 11 is 0. The molecule has 1 saturated heterocycles. The summed E-state index contributed by atoms with van der Waals surface area (Å²) in [5.41, 5.74) is 2.84. The van der Waals surface area contributed by atoms with E-state index in [0.29, 0.717) is 23.2 Å². The first-order valence-corrected chi connectivity index (χ1v) is 14.3. The Balaban J connectivity index is 1.30. The highest BCUT2D eigenvalue weighted by Gasteiger charge is 2.24. The Kier molecular flexibility index (Phi) is 6.94. The molecule has 2 unspecified atom stereocenters. The second-order valence-electron chi connectivity index (χ2n) is 9.32. The van der Waals surface area contributed by atoms with Crippen molar-refractivity contribution < 1.29 is 13.2 Å². The van der Waals surface area contributed by atoms with E-state index >= 15 is 0 Å². The second kappa shape index (κ2) is 10.3. The lowest BCUT2D eigenvalue weighted by atomic mass is 10.0. The predicted molar refractivity (Wildman–Crippen MR) is 144 cm³/mol. The molecule has 2 aromatic heterocycles. The first-order valence-electron chi connectivity index (χ1n) is 12.4. The minimum atomic E-state index is -3.27. The highest BCUT2D eigenvalue weighted by Crippen LogP contribution is 2.22. The Morgan fingerprint density at radius 3 is 2.54 bits per heavy atom. The van der Waals surface area contributed by atoms with E-state index in [-0.39, 0.29) is 16.8 Å². The van der Waals surface area contributed by atoms with Crippen LogP contribution in [0, 0.1) is 0 Å². The van der Waals surface area contributed by atoms with Crippen molar-refractivity contribution >= 4 is 38.4 Å². The van der Waals surface area contributed by atoms with Gasteiger partial charge in [-0.1, -0.05) is 6.92 Å². The molecule has 4 aromatic rings. The van der Waals surface area contributed by atoms with E-state index in [1.807, 2.05) is 29.0 Å². The van der Waals surface area contributed by atoms with Gasteiger partial charge in [-0.15, -0.1) is 0 Å². The third-order valence-electron chi connectivity index (χ3n) is 6.71. The summed E-state index contributed by atoms with van der Waals surface area (Å²) in [6, 6.07) is 16.3. The standard InChI is InChI=1S/C27H30N6O3S/c1-3-23(24-5-4-15-28-24)31-26(34)18-6-8-20(9-7-18)30-27-29-17-19-14-16-33(25(19)32-27)21-10-12-22(13-11-21)37(2,35)36/h6-14,16-17,23-24,28H,3-5,15H2,1-2H3,(H,31,34)(H,29,30,32). The van der Waals surface area contributed by atoms with E-state index in [2.05, 4.69) is 32.8 Å². The highest BCUT2D eigenvalue weighted by atomic mass is 32.2. The number of aromatic nitrogens is 3. The van der Waals surface area contributed by atoms with E-state index < -0.39 is 9.84 Å². The van der Waals surface area contributed by atoms with Gasteiger partial charge in [-0.2, -0.15) is 4.98 Å². The topological polar surface area (TPSA) is 118 Å². The summed E-state index contributed by atoms with van der Waals surface area (Å²) in [4.78, 5) is 22.1. The van der Waals surface area contributed by atoms with Crippen molar-refractivity contribution in [2.45, 2.75) is 43.2 Å². The van der Waals surface area contributed by atoms with Crippen LogP contribution in [0.5, 0.6) is 0 Å². The maximum absolute atomic E-state index is 12.8. The maximum atomic E-state index is 12.8. The van der Waals surface area contributed by atoms with Gasteiger partial charge in [0.05, 0.1) is 4.90 Å². The summed E-state index contributed by atoms with van der Waals surface area (Å²) < 4.78 is 25.4. The van der Waals surface area contributed by atoms with Crippen molar-refractivity contribution in [2.24, 2.45) is 0 Å². The molecule has 3 heterocycles. The van der Waals surface area contributed by atoms with Crippen molar-refractivity contribution in [2.75, 3.05) is 18.1 Å². The molecule has 10 heteroatoms. The summed E-state index contributed by atoms with van der Waals surface area (Å²) in [5, 5.41) is 10.7. The van der Waals surface area contributed by atoms with Crippen LogP contribution in [0.3, 0.4) is 0 Å². The lowest BCUT2D eigenvalue weighted by molar-refractivity contribution is 0.0927. The molecule has 1 fully saturated rings. The zero-order valence-electron chi connectivity index (χ0n) is 20.8. The number of carbonyl (C=O) groups is 1. The van der Waals surface area contributed by atoms with Crippen molar-refractivity contribution in [3.63, 3.8) is 0 Å². The number of fused-ring (bicyclic) bond motifs is 1. The average Bonchev–Trinajstić information content (AvgIpc) is 3.57. The van der Waals surface area contributed by atoms with Crippen LogP contribution in [0.15, 0.2) is 71.9 Å². The first-order chi connectivity index (χ1) is 17.8. The highest BCUT2D eigenvalue weighted by molar-refractivity contribution is 7.90. The largest absolute Gasteiger partial charge is 0.348 e. The zero-order valence-corrected chi connectivity index (χ0v) is 21.6. The lowest BCUT2D eigenvalue weighted by Crippen LogP contribution is -2.47.